The predicted molar refractivity (Wildman–Crippen MR) is 81.3 cm³/mol. The third-order valence-corrected chi connectivity index (χ3v) is 4.14. The van der Waals surface area contributed by atoms with E-state index in [9.17, 15) is 9.90 Å². The summed E-state index contributed by atoms with van der Waals surface area (Å²) in [7, 11) is 0. The number of hydrogen-bond donors (Lipinski definition) is 2. The highest BCUT2D eigenvalue weighted by Gasteiger charge is 2.35. The molecule has 2 rings (SSSR count). The minimum Gasteiger partial charge on any atom is -0.394 e. The van der Waals surface area contributed by atoms with Crippen LogP contribution in [0.25, 0.3) is 0 Å². The average Bonchev–Trinajstić information content (AvgIpc) is 2.81. The van der Waals surface area contributed by atoms with E-state index < -0.39 is 0 Å². The van der Waals surface area contributed by atoms with E-state index in [1.807, 2.05) is 13.0 Å². The average molecular weight is 297 g/mol. The van der Waals surface area contributed by atoms with Gasteiger partial charge in [-0.3, -0.25) is 4.79 Å². The molecule has 1 aromatic carbocycles. The Morgan fingerprint density at radius 1 is 1.55 bits per heavy atom. The van der Waals surface area contributed by atoms with Crippen LogP contribution in [-0.4, -0.2) is 41.7 Å². The van der Waals surface area contributed by atoms with E-state index in [0.717, 1.165) is 18.7 Å². The number of halogens is 1. The zero-order valence-corrected chi connectivity index (χ0v) is 12.7. The van der Waals surface area contributed by atoms with Gasteiger partial charge in [0, 0.05) is 23.8 Å². The Balaban J connectivity index is 2.30. The first kappa shape index (κ1) is 15.1. The number of carbonyl (C=O) groups excluding carboxylic acids is 1. The van der Waals surface area contributed by atoms with Crippen molar-refractivity contribution < 1.29 is 9.90 Å². The monoisotopic (exact) mass is 296 g/mol. The minimum atomic E-state index is -0.101. The molecule has 110 valence electrons. The van der Waals surface area contributed by atoms with Gasteiger partial charge in [-0.05, 0) is 37.5 Å². The Kier molecular flexibility index (Phi) is 4.89. The molecular weight excluding hydrogens is 276 g/mol. The van der Waals surface area contributed by atoms with Gasteiger partial charge in [0.25, 0.3) is 5.91 Å². The van der Waals surface area contributed by atoms with Crippen LogP contribution >= 0.6 is 11.6 Å². The van der Waals surface area contributed by atoms with E-state index in [1.165, 1.54) is 0 Å². The van der Waals surface area contributed by atoms with Gasteiger partial charge in [0.15, 0.2) is 0 Å². The van der Waals surface area contributed by atoms with Gasteiger partial charge in [-0.1, -0.05) is 18.5 Å². The Morgan fingerprint density at radius 3 is 2.95 bits per heavy atom. The number of carbonyl (C=O) groups is 1. The van der Waals surface area contributed by atoms with Crippen LogP contribution in [0.3, 0.4) is 0 Å². The number of hydrogen-bond acceptors (Lipinski definition) is 3. The maximum atomic E-state index is 12.7. The molecule has 1 aliphatic rings. The molecule has 0 radical (unpaired) electrons. The van der Waals surface area contributed by atoms with Crippen LogP contribution in [-0.2, 0) is 0 Å². The summed E-state index contributed by atoms with van der Waals surface area (Å²) in [6, 6.07) is 5.19. The Morgan fingerprint density at radius 2 is 2.30 bits per heavy atom. The van der Waals surface area contributed by atoms with Crippen molar-refractivity contribution in [3.8, 4) is 0 Å². The van der Waals surface area contributed by atoms with Crippen molar-refractivity contribution in [2.24, 2.45) is 5.92 Å². The summed E-state index contributed by atoms with van der Waals surface area (Å²) in [5.74, 6) is 0.262. The zero-order valence-electron chi connectivity index (χ0n) is 11.9. The highest BCUT2D eigenvalue weighted by Crippen LogP contribution is 2.28. The summed E-state index contributed by atoms with van der Waals surface area (Å²) in [4.78, 5) is 14.5. The number of rotatable bonds is 4. The summed E-state index contributed by atoms with van der Waals surface area (Å²) in [6.07, 6.45) is 0.925. The van der Waals surface area contributed by atoms with Crippen molar-refractivity contribution in [3.63, 3.8) is 0 Å². The number of nitrogens with zero attached hydrogens (tertiary/aromatic N) is 1. The number of benzene rings is 1. The van der Waals surface area contributed by atoms with Gasteiger partial charge in [0.05, 0.1) is 18.2 Å². The van der Waals surface area contributed by atoms with Gasteiger partial charge in [0.1, 0.15) is 0 Å². The molecule has 1 aliphatic heterocycles. The SMILES string of the molecule is CCNc1ccc(Cl)cc1C(=O)N1CCC(C)C1CO. The van der Waals surface area contributed by atoms with Crippen LogP contribution < -0.4 is 5.32 Å². The number of anilines is 1. The minimum absolute atomic E-state index is 0.00398. The lowest BCUT2D eigenvalue weighted by Crippen LogP contribution is -2.40. The third kappa shape index (κ3) is 2.91. The fourth-order valence-electron chi connectivity index (χ4n) is 2.73. The Labute approximate surface area is 124 Å². The molecule has 0 saturated carbocycles. The molecule has 2 unspecified atom stereocenters. The van der Waals surface area contributed by atoms with Crippen molar-refractivity contribution >= 4 is 23.2 Å². The molecule has 1 heterocycles. The van der Waals surface area contributed by atoms with E-state index in [4.69, 9.17) is 11.6 Å². The molecule has 1 amide bonds. The van der Waals surface area contributed by atoms with Crippen LogP contribution in [0, 0.1) is 5.92 Å². The van der Waals surface area contributed by atoms with Crippen LogP contribution in [0.2, 0.25) is 5.02 Å². The van der Waals surface area contributed by atoms with Crippen LogP contribution in [0.1, 0.15) is 30.6 Å². The highest BCUT2D eigenvalue weighted by molar-refractivity contribution is 6.31. The highest BCUT2D eigenvalue weighted by atomic mass is 35.5. The zero-order chi connectivity index (χ0) is 14.7. The van der Waals surface area contributed by atoms with Crippen molar-refractivity contribution in [2.75, 3.05) is 25.0 Å². The lowest BCUT2D eigenvalue weighted by Gasteiger charge is -2.26. The summed E-state index contributed by atoms with van der Waals surface area (Å²) in [5.41, 5.74) is 1.37. The standard InChI is InChI=1S/C15H21ClN2O2/c1-3-17-13-5-4-11(16)8-12(13)15(20)18-7-6-10(2)14(18)9-19/h4-5,8,10,14,17,19H,3,6-7,9H2,1-2H3. The second-order valence-corrected chi connectivity index (χ2v) is 5.67. The van der Waals surface area contributed by atoms with Crippen LogP contribution in [0.15, 0.2) is 18.2 Å². The molecule has 0 aliphatic carbocycles. The van der Waals surface area contributed by atoms with Crippen molar-refractivity contribution in [1.29, 1.82) is 0 Å². The first-order valence-corrected chi connectivity index (χ1v) is 7.41. The predicted octanol–water partition coefficient (Wildman–Crippen LogP) is 2.61. The lowest BCUT2D eigenvalue weighted by atomic mass is 10.0. The molecule has 1 saturated heterocycles. The molecule has 0 bridgehead atoms. The lowest BCUT2D eigenvalue weighted by molar-refractivity contribution is 0.0649. The van der Waals surface area contributed by atoms with E-state index in [0.29, 0.717) is 23.0 Å². The van der Waals surface area contributed by atoms with E-state index in [1.54, 1.807) is 17.0 Å². The Bertz CT molecular complexity index is 493. The van der Waals surface area contributed by atoms with Crippen molar-refractivity contribution in [1.82, 2.24) is 4.90 Å². The van der Waals surface area contributed by atoms with Crippen LogP contribution in [0.4, 0.5) is 5.69 Å². The van der Waals surface area contributed by atoms with Gasteiger partial charge in [-0.25, -0.2) is 0 Å². The largest absolute Gasteiger partial charge is 0.394 e. The fraction of sp³-hybridized carbons (Fsp3) is 0.533. The number of aliphatic hydroxyl groups excluding tert-OH is 1. The number of likely N-dealkylation sites (tertiary alicyclic amines) is 1. The Hall–Kier alpha value is -1.26. The molecule has 2 N–H and O–H groups in total. The fourth-order valence-corrected chi connectivity index (χ4v) is 2.90. The summed E-state index contributed by atoms with van der Waals surface area (Å²) >= 11 is 6.02. The molecule has 5 heteroatoms. The molecule has 0 aromatic heterocycles. The smallest absolute Gasteiger partial charge is 0.256 e. The molecular formula is C15H21ClN2O2. The van der Waals surface area contributed by atoms with E-state index in [-0.39, 0.29) is 18.6 Å². The first-order chi connectivity index (χ1) is 9.58. The van der Waals surface area contributed by atoms with Gasteiger partial charge >= 0.3 is 0 Å². The van der Waals surface area contributed by atoms with Gasteiger partial charge in [-0.2, -0.15) is 0 Å². The first-order valence-electron chi connectivity index (χ1n) is 7.03. The molecule has 2 atom stereocenters. The van der Waals surface area contributed by atoms with Gasteiger partial charge in [0.2, 0.25) is 0 Å². The molecule has 0 spiro atoms. The quantitative estimate of drug-likeness (QED) is 0.898. The van der Waals surface area contributed by atoms with Crippen molar-refractivity contribution in [3.05, 3.63) is 28.8 Å². The second kappa shape index (κ2) is 6.46. The normalized spacial score (nSPS) is 22.1. The van der Waals surface area contributed by atoms with Gasteiger partial charge < -0.3 is 15.3 Å². The number of nitrogens with one attached hydrogen (secondary N) is 1. The number of aliphatic hydroxyl groups is 1. The number of amides is 1. The summed E-state index contributed by atoms with van der Waals surface area (Å²) in [5, 5.41) is 13.2. The summed E-state index contributed by atoms with van der Waals surface area (Å²) < 4.78 is 0. The topological polar surface area (TPSA) is 52.6 Å². The molecule has 1 aromatic rings. The maximum Gasteiger partial charge on any atom is 0.256 e. The molecule has 1 fully saturated rings. The van der Waals surface area contributed by atoms with Gasteiger partial charge in [-0.15, -0.1) is 0 Å². The molecule has 20 heavy (non-hydrogen) atoms. The van der Waals surface area contributed by atoms with E-state index in [2.05, 4.69) is 12.2 Å². The van der Waals surface area contributed by atoms with Crippen LogP contribution in [0.5, 0.6) is 0 Å². The maximum absolute atomic E-state index is 12.7. The summed E-state index contributed by atoms with van der Waals surface area (Å²) in [6.45, 7) is 5.48. The third-order valence-electron chi connectivity index (χ3n) is 3.91. The van der Waals surface area contributed by atoms with Crippen molar-refractivity contribution in [2.45, 2.75) is 26.3 Å². The molecule has 4 nitrogen and oxygen atoms in total. The second-order valence-electron chi connectivity index (χ2n) is 5.23. The van der Waals surface area contributed by atoms with E-state index >= 15 is 0 Å².